The summed E-state index contributed by atoms with van der Waals surface area (Å²) in [4.78, 5) is 43.6. The van der Waals surface area contributed by atoms with Crippen molar-refractivity contribution in [2.45, 2.75) is 45.2 Å². The number of amides is 1. The highest BCUT2D eigenvalue weighted by Crippen LogP contribution is 2.31. The number of ether oxygens (including phenoxy) is 1. The average molecular weight is 436 g/mol. The molecule has 1 amide bonds. The zero-order chi connectivity index (χ0) is 19.6. The first kappa shape index (κ1) is 19.5. The van der Waals surface area contributed by atoms with Crippen LogP contribution in [0.1, 0.15) is 33.1 Å². The lowest BCUT2D eigenvalue weighted by atomic mass is 9.99. The number of hydrogen-bond donors (Lipinski definition) is 0. The molecule has 1 aromatic heterocycles. The number of rotatable bonds is 5. The van der Waals surface area contributed by atoms with E-state index in [0.29, 0.717) is 23.9 Å². The maximum atomic E-state index is 12.7. The second kappa shape index (κ2) is 7.80. The first-order valence-corrected chi connectivity index (χ1v) is 9.78. The summed E-state index contributed by atoms with van der Waals surface area (Å²) in [5.74, 6) is -0.533. The number of carbonyl (C=O) groups excluding carboxylic acids is 2. The molecule has 1 aliphatic rings. The van der Waals surface area contributed by atoms with Crippen LogP contribution in [0.15, 0.2) is 33.8 Å². The van der Waals surface area contributed by atoms with Gasteiger partial charge in [-0.05, 0) is 44.9 Å². The molecule has 0 spiro atoms. The molecule has 1 fully saturated rings. The number of hydrogen-bond acceptors (Lipinski definition) is 5. The molecule has 0 saturated carbocycles. The molecule has 7 nitrogen and oxygen atoms in total. The van der Waals surface area contributed by atoms with E-state index in [1.165, 1.54) is 10.9 Å². The maximum Gasteiger partial charge on any atom is 0.331 e. The van der Waals surface area contributed by atoms with E-state index < -0.39 is 5.54 Å². The van der Waals surface area contributed by atoms with Gasteiger partial charge in [-0.3, -0.25) is 14.2 Å². The van der Waals surface area contributed by atoms with Crippen molar-refractivity contribution < 1.29 is 14.3 Å². The molecule has 27 heavy (non-hydrogen) atoms. The van der Waals surface area contributed by atoms with Crippen molar-refractivity contribution in [3.05, 3.63) is 39.4 Å². The van der Waals surface area contributed by atoms with E-state index >= 15 is 0 Å². The van der Waals surface area contributed by atoms with Gasteiger partial charge in [0.2, 0.25) is 5.91 Å². The smallest absolute Gasteiger partial charge is 0.331 e. The van der Waals surface area contributed by atoms with Gasteiger partial charge in [0.25, 0.3) is 5.56 Å². The molecule has 1 aliphatic heterocycles. The molecule has 2 aromatic rings. The first-order valence-electron chi connectivity index (χ1n) is 8.99. The van der Waals surface area contributed by atoms with Crippen LogP contribution in [-0.2, 0) is 20.9 Å². The number of fused-ring (bicyclic) bond motifs is 1. The van der Waals surface area contributed by atoms with Crippen LogP contribution in [0.2, 0.25) is 0 Å². The fourth-order valence-electron chi connectivity index (χ4n) is 3.50. The third-order valence-electron chi connectivity index (χ3n) is 5.01. The molecule has 1 atom stereocenters. The third-order valence-corrected chi connectivity index (χ3v) is 5.50. The standard InChI is InChI=1S/C19H22BrN3O4/c1-3-27-18(26)19(2)8-4-9-23(19)16(24)7-10-22-12-21-15-6-5-13(20)11-14(15)17(22)25/h5-6,11-12H,3-4,7-10H2,1-2H3/t19-/m0/s1. The van der Waals surface area contributed by atoms with Crippen molar-refractivity contribution in [2.75, 3.05) is 13.2 Å². The molecule has 0 aliphatic carbocycles. The van der Waals surface area contributed by atoms with Crippen molar-refractivity contribution in [2.24, 2.45) is 0 Å². The van der Waals surface area contributed by atoms with Crippen molar-refractivity contribution in [3.8, 4) is 0 Å². The van der Waals surface area contributed by atoms with Crippen molar-refractivity contribution in [3.63, 3.8) is 0 Å². The number of halogens is 1. The van der Waals surface area contributed by atoms with Gasteiger partial charge in [0.05, 0.1) is 23.8 Å². The molecular formula is C19H22BrN3O4. The highest BCUT2D eigenvalue weighted by Gasteiger charge is 2.46. The predicted octanol–water partition coefficient (Wildman–Crippen LogP) is 2.49. The summed E-state index contributed by atoms with van der Waals surface area (Å²) in [7, 11) is 0. The molecule has 0 bridgehead atoms. The molecule has 1 saturated heterocycles. The van der Waals surface area contributed by atoms with Crippen LogP contribution < -0.4 is 5.56 Å². The van der Waals surface area contributed by atoms with Crippen LogP contribution in [0.25, 0.3) is 10.9 Å². The predicted molar refractivity (Wildman–Crippen MR) is 104 cm³/mol. The normalized spacial score (nSPS) is 19.4. The Morgan fingerprint density at radius 2 is 2.15 bits per heavy atom. The molecule has 0 N–H and O–H groups in total. The van der Waals surface area contributed by atoms with Gasteiger partial charge in [-0.1, -0.05) is 15.9 Å². The zero-order valence-corrected chi connectivity index (χ0v) is 17.0. The Morgan fingerprint density at radius 3 is 2.89 bits per heavy atom. The van der Waals surface area contributed by atoms with Gasteiger partial charge in [-0.25, -0.2) is 9.78 Å². The van der Waals surface area contributed by atoms with Gasteiger partial charge in [0.1, 0.15) is 5.54 Å². The SMILES string of the molecule is CCOC(=O)[C@]1(C)CCCN1C(=O)CCn1cnc2ccc(Br)cc2c1=O. The third kappa shape index (κ3) is 3.76. The second-order valence-electron chi connectivity index (χ2n) is 6.80. The molecule has 0 radical (unpaired) electrons. The number of esters is 1. The Bertz CT molecular complexity index is 942. The van der Waals surface area contributed by atoms with Crippen LogP contribution >= 0.6 is 15.9 Å². The van der Waals surface area contributed by atoms with Crippen molar-refractivity contribution >= 4 is 38.7 Å². The average Bonchev–Trinajstić information content (AvgIpc) is 3.05. The first-order chi connectivity index (χ1) is 12.9. The lowest BCUT2D eigenvalue weighted by molar-refractivity contribution is -0.160. The van der Waals surface area contributed by atoms with Gasteiger partial charge in [-0.2, -0.15) is 0 Å². The minimum Gasteiger partial charge on any atom is -0.464 e. The number of carbonyl (C=O) groups is 2. The van der Waals surface area contributed by atoms with E-state index in [-0.39, 0.29) is 37.0 Å². The molecule has 3 rings (SSSR count). The van der Waals surface area contributed by atoms with Gasteiger partial charge < -0.3 is 9.64 Å². The summed E-state index contributed by atoms with van der Waals surface area (Å²) in [6, 6.07) is 5.32. The Hall–Kier alpha value is -2.22. The Balaban J connectivity index is 1.76. The molecular weight excluding hydrogens is 414 g/mol. The number of likely N-dealkylation sites (tertiary alicyclic amines) is 1. The van der Waals surface area contributed by atoms with Crippen molar-refractivity contribution in [1.82, 2.24) is 14.5 Å². The number of aromatic nitrogens is 2. The molecule has 2 heterocycles. The lowest BCUT2D eigenvalue weighted by Crippen LogP contribution is -2.51. The van der Waals surface area contributed by atoms with Gasteiger partial charge in [-0.15, -0.1) is 0 Å². The van der Waals surface area contributed by atoms with E-state index in [4.69, 9.17) is 4.74 Å². The van der Waals surface area contributed by atoms with E-state index in [1.807, 2.05) is 6.07 Å². The Morgan fingerprint density at radius 1 is 1.37 bits per heavy atom. The summed E-state index contributed by atoms with van der Waals surface area (Å²) >= 11 is 3.36. The van der Waals surface area contributed by atoms with Crippen LogP contribution in [0.5, 0.6) is 0 Å². The van der Waals surface area contributed by atoms with Gasteiger partial charge in [0, 0.05) is 24.0 Å². The zero-order valence-electron chi connectivity index (χ0n) is 15.4. The number of benzene rings is 1. The van der Waals surface area contributed by atoms with Gasteiger partial charge >= 0.3 is 5.97 Å². The highest BCUT2D eigenvalue weighted by atomic mass is 79.9. The van der Waals surface area contributed by atoms with Crippen LogP contribution in [-0.4, -0.2) is 45.0 Å². The highest BCUT2D eigenvalue weighted by molar-refractivity contribution is 9.10. The van der Waals surface area contributed by atoms with Crippen LogP contribution in [0.4, 0.5) is 0 Å². The summed E-state index contributed by atoms with van der Waals surface area (Å²) < 4.78 is 7.38. The fourth-order valence-corrected chi connectivity index (χ4v) is 3.86. The van der Waals surface area contributed by atoms with Crippen molar-refractivity contribution in [1.29, 1.82) is 0 Å². The summed E-state index contributed by atoms with van der Waals surface area (Å²) in [5.41, 5.74) is -0.506. The van der Waals surface area contributed by atoms with E-state index in [9.17, 15) is 14.4 Å². The summed E-state index contributed by atoms with van der Waals surface area (Å²) in [6.45, 7) is 4.51. The van der Waals surface area contributed by atoms with Crippen LogP contribution in [0.3, 0.4) is 0 Å². The number of aryl methyl sites for hydroxylation is 1. The molecule has 144 valence electrons. The van der Waals surface area contributed by atoms with E-state index in [2.05, 4.69) is 20.9 Å². The Kier molecular flexibility index (Phi) is 5.64. The minimum absolute atomic E-state index is 0.121. The van der Waals surface area contributed by atoms with E-state index in [1.54, 1.807) is 30.9 Å². The maximum absolute atomic E-state index is 12.7. The second-order valence-corrected chi connectivity index (χ2v) is 7.71. The topological polar surface area (TPSA) is 81.5 Å². The molecule has 8 heteroatoms. The Labute approximate surface area is 165 Å². The van der Waals surface area contributed by atoms with E-state index in [0.717, 1.165) is 10.9 Å². The molecule has 0 unspecified atom stereocenters. The lowest BCUT2D eigenvalue weighted by Gasteiger charge is -2.33. The summed E-state index contributed by atoms with van der Waals surface area (Å²) in [6.07, 6.45) is 2.92. The molecule has 1 aromatic carbocycles. The quantitative estimate of drug-likeness (QED) is 0.673. The van der Waals surface area contributed by atoms with Gasteiger partial charge in [0.15, 0.2) is 0 Å². The summed E-state index contributed by atoms with van der Waals surface area (Å²) in [5, 5.41) is 0.497. The van der Waals surface area contributed by atoms with Crippen LogP contribution in [0, 0.1) is 0 Å². The monoisotopic (exact) mass is 435 g/mol. The minimum atomic E-state index is -0.926. The largest absolute Gasteiger partial charge is 0.464 e. The fraction of sp³-hybridized carbons (Fsp3) is 0.474. The number of nitrogens with zero attached hydrogens (tertiary/aromatic N) is 3.